The van der Waals surface area contributed by atoms with Crippen LogP contribution in [0.2, 0.25) is 0 Å². The van der Waals surface area contributed by atoms with Gasteiger partial charge in [0.15, 0.2) is 5.82 Å². The van der Waals surface area contributed by atoms with Gasteiger partial charge in [0, 0.05) is 25.7 Å². The summed E-state index contributed by atoms with van der Waals surface area (Å²) in [5.74, 6) is 0.688. The highest BCUT2D eigenvalue weighted by Crippen LogP contribution is 2.23. The minimum absolute atomic E-state index is 0.225. The maximum atomic E-state index is 5.85. The standard InChI is InChI=1S/C10H18N6/c1-7-6-16(4-3-15(7)2)8-5-13-10(12)14-9(8)11/h5,7H,3-4,6H2,1-2H3,(H4,11,12,13,14). The third-order valence-corrected chi connectivity index (χ3v) is 3.12. The second-order valence-corrected chi connectivity index (χ2v) is 4.27. The Morgan fingerprint density at radius 1 is 1.38 bits per heavy atom. The summed E-state index contributed by atoms with van der Waals surface area (Å²) in [6.07, 6.45) is 1.70. The normalized spacial score (nSPS) is 22.4. The first-order chi connectivity index (χ1) is 7.58. The van der Waals surface area contributed by atoms with Crippen molar-refractivity contribution < 1.29 is 0 Å². The first-order valence-corrected chi connectivity index (χ1v) is 5.41. The summed E-state index contributed by atoms with van der Waals surface area (Å²) in [5.41, 5.74) is 12.2. The molecule has 6 nitrogen and oxygen atoms in total. The Morgan fingerprint density at radius 3 is 2.75 bits per heavy atom. The lowest BCUT2D eigenvalue weighted by molar-refractivity contribution is 0.234. The molecule has 0 radical (unpaired) electrons. The van der Waals surface area contributed by atoms with Crippen molar-refractivity contribution >= 4 is 17.5 Å². The van der Waals surface area contributed by atoms with Gasteiger partial charge in [-0.15, -0.1) is 0 Å². The van der Waals surface area contributed by atoms with E-state index in [9.17, 15) is 0 Å². The highest BCUT2D eigenvalue weighted by atomic mass is 15.3. The number of hydrogen-bond acceptors (Lipinski definition) is 6. The first-order valence-electron chi connectivity index (χ1n) is 5.41. The summed E-state index contributed by atoms with van der Waals surface area (Å²) < 4.78 is 0. The third-order valence-electron chi connectivity index (χ3n) is 3.12. The van der Waals surface area contributed by atoms with E-state index >= 15 is 0 Å². The van der Waals surface area contributed by atoms with E-state index in [-0.39, 0.29) is 5.95 Å². The molecule has 0 saturated carbocycles. The fraction of sp³-hybridized carbons (Fsp3) is 0.600. The van der Waals surface area contributed by atoms with Gasteiger partial charge in [-0.3, -0.25) is 0 Å². The molecular formula is C10H18N6. The lowest BCUT2D eigenvalue weighted by Crippen LogP contribution is -2.50. The molecule has 0 aromatic carbocycles. The summed E-state index contributed by atoms with van der Waals surface area (Å²) in [5, 5.41) is 0. The second-order valence-electron chi connectivity index (χ2n) is 4.27. The van der Waals surface area contributed by atoms with Crippen LogP contribution in [0.5, 0.6) is 0 Å². The van der Waals surface area contributed by atoms with Crippen molar-refractivity contribution in [2.75, 3.05) is 43.0 Å². The summed E-state index contributed by atoms with van der Waals surface area (Å²) in [6.45, 7) is 5.10. The molecule has 2 heterocycles. The van der Waals surface area contributed by atoms with E-state index in [1.165, 1.54) is 0 Å². The van der Waals surface area contributed by atoms with Gasteiger partial charge in [-0.25, -0.2) is 4.98 Å². The van der Waals surface area contributed by atoms with E-state index in [2.05, 4.69) is 33.7 Å². The van der Waals surface area contributed by atoms with Crippen molar-refractivity contribution in [3.63, 3.8) is 0 Å². The van der Waals surface area contributed by atoms with E-state index in [1.807, 2.05) is 0 Å². The molecule has 0 aliphatic carbocycles. The molecule has 1 aromatic heterocycles. The zero-order chi connectivity index (χ0) is 11.7. The fourth-order valence-electron chi connectivity index (χ4n) is 1.91. The monoisotopic (exact) mass is 222 g/mol. The Kier molecular flexibility index (Phi) is 2.82. The Labute approximate surface area is 95.3 Å². The number of rotatable bonds is 1. The Balaban J connectivity index is 2.18. The van der Waals surface area contributed by atoms with Crippen LogP contribution in [0.3, 0.4) is 0 Å². The second kappa shape index (κ2) is 4.13. The molecule has 88 valence electrons. The minimum Gasteiger partial charge on any atom is -0.382 e. The molecule has 0 amide bonds. The predicted octanol–water partition coefficient (Wildman–Crippen LogP) is -0.219. The van der Waals surface area contributed by atoms with Crippen LogP contribution in [-0.4, -0.2) is 47.6 Å². The lowest BCUT2D eigenvalue weighted by Gasteiger charge is -2.38. The van der Waals surface area contributed by atoms with Crippen LogP contribution >= 0.6 is 0 Å². The number of aromatic nitrogens is 2. The zero-order valence-electron chi connectivity index (χ0n) is 9.72. The quantitative estimate of drug-likeness (QED) is 0.683. The van der Waals surface area contributed by atoms with E-state index in [0.717, 1.165) is 25.3 Å². The topological polar surface area (TPSA) is 84.3 Å². The molecule has 1 aromatic rings. The molecule has 4 N–H and O–H groups in total. The van der Waals surface area contributed by atoms with Gasteiger partial charge in [0.05, 0.1) is 11.9 Å². The molecule has 1 fully saturated rings. The molecule has 1 atom stereocenters. The highest BCUT2D eigenvalue weighted by Gasteiger charge is 2.22. The van der Waals surface area contributed by atoms with E-state index in [0.29, 0.717) is 11.9 Å². The third kappa shape index (κ3) is 2.01. The largest absolute Gasteiger partial charge is 0.382 e. The van der Waals surface area contributed by atoms with Gasteiger partial charge in [0.2, 0.25) is 5.95 Å². The Hall–Kier alpha value is -1.56. The van der Waals surface area contributed by atoms with Gasteiger partial charge in [-0.05, 0) is 14.0 Å². The van der Waals surface area contributed by atoms with Gasteiger partial charge < -0.3 is 21.3 Å². The maximum Gasteiger partial charge on any atom is 0.222 e. The van der Waals surface area contributed by atoms with Gasteiger partial charge in [-0.1, -0.05) is 0 Å². The number of hydrogen-bond donors (Lipinski definition) is 2. The minimum atomic E-state index is 0.225. The number of anilines is 3. The molecule has 1 unspecified atom stereocenters. The van der Waals surface area contributed by atoms with Crippen LogP contribution in [0.4, 0.5) is 17.5 Å². The molecule has 6 heteroatoms. The Morgan fingerprint density at radius 2 is 2.12 bits per heavy atom. The fourth-order valence-corrected chi connectivity index (χ4v) is 1.91. The van der Waals surface area contributed by atoms with E-state index in [4.69, 9.17) is 11.5 Å². The van der Waals surface area contributed by atoms with Crippen molar-refractivity contribution in [1.82, 2.24) is 14.9 Å². The van der Waals surface area contributed by atoms with Gasteiger partial charge in [0.25, 0.3) is 0 Å². The average molecular weight is 222 g/mol. The molecule has 0 bridgehead atoms. The van der Waals surface area contributed by atoms with Crippen LogP contribution < -0.4 is 16.4 Å². The lowest BCUT2D eigenvalue weighted by atomic mass is 10.2. The maximum absolute atomic E-state index is 5.85. The predicted molar refractivity (Wildman–Crippen MR) is 65.2 cm³/mol. The number of likely N-dealkylation sites (N-methyl/N-ethyl adjacent to an activating group) is 1. The summed E-state index contributed by atoms with van der Waals surface area (Å²) >= 11 is 0. The molecule has 2 rings (SSSR count). The van der Waals surface area contributed by atoms with Crippen molar-refractivity contribution in [3.8, 4) is 0 Å². The number of nitrogens with zero attached hydrogens (tertiary/aromatic N) is 4. The van der Waals surface area contributed by atoms with E-state index < -0.39 is 0 Å². The molecular weight excluding hydrogens is 204 g/mol. The Bertz CT molecular complexity index is 380. The van der Waals surface area contributed by atoms with Crippen molar-refractivity contribution in [3.05, 3.63) is 6.20 Å². The van der Waals surface area contributed by atoms with Crippen molar-refractivity contribution in [2.24, 2.45) is 0 Å². The van der Waals surface area contributed by atoms with Crippen LogP contribution in [0.15, 0.2) is 6.20 Å². The SMILES string of the molecule is CC1CN(c2cnc(N)nc2N)CCN1C. The van der Waals surface area contributed by atoms with E-state index in [1.54, 1.807) is 6.20 Å². The van der Waals surface area contributed by atoms with Crippen LogP contribution in [-0.2, 0) is 0 Å². The number of nitrogen functional groups attached to an aromatic ring is 2. The molecule has 0 spiro atoms. The number of nitrogens with two attached hydrogens (primary N) is 2. The zero-order valence-corrected chi connectivity index (χ0v) is 9.72. The molecule has 1 aliphatic rings. The summed E-state index contributed by atoms with van der Waals surface area (Å²) in [4.78, 5) is 12.5. The first kappa shape index (κ1) is 10.9. The molecule has 16 heavy (non-hydrogen) atoms. The van der Waals surface area contributed by atoms with Gasteiger partial charge in [0.1, 0.15) is 0 Å². The molecule has 1 saturated heterocycles. The van der Waals surface area contributed by atoms with Gasteiger partial charge >= 0.3 is 0 Å². The summed E-state index contributed by atoms with van der Waals surface area (Å²) in [6, 6.07) is 0.505. The van der Waals surface area contributed by atoms with Crippen LogP contribution in [0, 0.1) is 0 Å². The average Bonchev–Trinajstić information content (AvgIpc) is 2.22. The van der Waals surface area contributed by atoms with Crippen molar-refractivity contribution in [1.29, 1.82) is 0 Å². The smallest absolute Gasteiger partial charge is 0.222 e. The van der Waals surface area contributed by atoms with Crippen molar-refractivity contribution in [2.45, 2.75) is 13.0 Å². The highest BCUT2D eigenvalue weighted by molar-refractivity contribution is 5.63. The van der Waals surface area contributed by atoms with Crippen LogP contribution in [0.25, 0.3) is 0 Å². The van der Waals surface area contributed by atoms with Gasteiger partial charge in [-0.2, -0.15) is 4.98 Å². The summed E-state index contributed by atoms with van der Waals surface area (Å²) in [7, 11) is 2.13. The number of piperazine rings is 1. The molecule has 1 aliphatic heterocycles. The van der Waals surface area contributed by atoms with Crippen LogP contribution in [0.1, 0.15) is 6.92 Å².